The van der Waals surface area contributed by atoms with E-state index in [1.807, 2.05) is 6.92 Å². The van der Waals surface area contributed by atoms with Crippen LogP contribution in [0.1, 0.15) is 52.4 Å². The Bertz CT molecular complexity index is 121. The fraction of sp³-hybridized carbons (Fsp3) is 0.900. The number of hydrogen-bond donors (Lipinski definition) is 1. The lowest BCUT2D eigenvalue weighted by molar-refractivity contribution is -0.119. The normalized spacial score (nSPS) is 12.9. The lowest BCUT2D eigenvalue weighted by atomic mass is 10.1. The number of Topliss-reactive ketones (excluding diaryl/α,β-unsaturated/α-hetero) is 1. The van der Waals surface area contributed by atoms with Gasteiger partial charge in [-0.3, -0.25) is 4.79 Å². The molecule has 0 aliphatic rings. The molecule has 12 heavy (non-hydrogen) atoms. The molecule has 0 aliphatic heterocycles. The third-order valence-electron chi connectivity index (χ3n) is 1.86. The Hall–Kier alpha value is -0.370. The van der Waals surface area contributed by atoms with Crippen LogP contribution in [-0.2, 0) is 4.79 Å². The molecule has 0 aromatic rings. The van der Waals surface area contributed by atoms with Crippen LogP contribution in [0.4, 0.5) is 0 Å². The molecule has 0 aromatic carbocycles. The smallest absolute Gasteiger partial charge is 0.134 e. The van der Waals surface area contributed by atoms with Crippen LogP contribution in [0.15, 0.2) is 0 Å². The Morgan fingerprint density at radius 2 is 2.00 bits per heavy atom. The Morgan fingerprint density at radius 3 is 2.50 bits per heavy atom. The Balaban J connectivity index is 3.20. The molecule has 0 saturated carbocycles. The predicted octanol–water partition coefficient (Wildman–Crippen LogP) is 2.26. The van der Waals surface area contributed by atoms with E-state index in [0.29, 0.717) is 12.2 Å². The van der Waals surface area contributed by atoms with E-state index in [4.69, 9.17) is 5.73 Å². The molecule has 0 aromatic heterocycles. The zero-order valence-corrected chi connectivity index (χ0v) is 8.31. The predicted molar refractivity (Wildman–Crippen MR) is 52.0 cm³/mol. The summed E-state index contributed by atoms with van der Waals surface area (Å²) in [6, 6.07) is 0.0312. The second-order valence-electron chi connectivity index (χ2n) is 3.53. The third kappa shape index (κ3) is 7.73. The number of carbonyl (C=O) groups excluding carboxylic acids is 1. The average molecular weight is 171 g/mol. The Labute approximate surface area is 75.5 Å². The molecule has 1 atom stereocenters. The first-order valence-corrected chi connectivity index (χ1v) is 4.94. The molecule has 0 rings (SSSR count). The van der Waals surface area contributed by atoms with Crippen molar-refractivity contribution >= 4 is 5.78 Å². The molecule has 1 unspecified atom stereocenters. The van der Waals surface area contributed by atoms with Crippen molar-refractivity contribution in [3.63, 3.8) is 0 Å². The highest BCUT2D eigenvalue weighted by molar-refractivity contribution is 5.78. The lowest BCUT2D eigenvalue weighted by Crippen LogP contribution is -2.19. The summed E-state index contributed by atoms with van der Waals surface area (Å²) in [6.07, 6.45) is 5.96. The third-order valence-corrected chi connectivity index (χ3v) is 1.86. The highest BCUT2D eigenvalue weighted by Gasteiger charge is 2.03. The number of unbranched alkanes of at least 4 members (excludes halogenated alkanes) is 3. The number of carbonyl (C=O) groups is 1. The molecule has 72 valence electrons. The lowest BCUT2D eigenvalue weighted by Gasteiger charge is -2.03. The van der Waals surface area contributed by atoms with Crippen LogP contribution < -0.4 is 5.73 Å². The molecule has 0 amide bonds. The fourth-order valence-corrected chi connectivity index (χ4v) is 1.21. The van der Waals surface area contributed by atoms with Gasteiger partial charge in [0.25, 0.3) is 0 Å². The number of rotatable bonds is 7. The van der Waals surface area contributed by atoms with Crippen LogP contribution in [-0.4, -0.2) is 11.8 Å². The second-order valence-corrected chi connectivity index (χ2v) is 3.53. The summed E-state index contributed by atoms with van der Waals surface area (Å²) in [7, 11) is 0. The monoisotopic (exact) mass is 171 g/mol. The van der Waals surface area contributed by atoms with Gasteiger partial charge in [0.15, 0.2) is 0 Å². The van der Waals surface area contributed by atoms with E-state index in [9.17, 15) is 4.79 Å². The van der Waals surface area contributed by atoms with Crippen LogP contribution >= 0.6 is 0 Å². The molecule has 0 radical (unpaired) electrons. The van der Waals surface area contributed by atoms with Crippen molar-refractivity contribution in [2.45, 2.75) is 58.4 Å². The highest BCUT2D eigenvalue weighted by atomic mass is 16.1. The van der Waals surface area contributed by atoms with Crippen LogP contribution in [0.3, 0.4) is 0 Å². The minimum atomic E-state index is 0.0312. The summed E-state index contributed by atoms with van der Waals surface area (Å²) in [5.74, 6) is 0.320. The molecule has 0 heterocycles. The molecule has 0 saturated heterocycles. The van der Waals surface area contributed by atoms with Gasteiger partial charge in [-0.2, -0.15) is 0 Å². The number of ketones is 1. The highest BCUT2D eigenvalue weighted by Crippen LogP contribution is 2.04. The summed E-state index contributed by atoms with van der Waals surface area (Å²) in [6.45, 7) is 4.05. The SMILES string of the molecule is CCCCCCC(=O)CC(C)N. The molecular weight excluding hydrogens is 150 g/mol. The van der Waals surface area contributed by atoms with E-state index in [-0.39, 0.29) is 6.04 Å². The van der Waals surface area contributed by atoms with E-state index >= 15 is 0 Å². The minimum Gasteiger partial charge on any atom is -0.328 e. The van der Waals surface area contributed by atoms with E-state index in [2.05, 4.69) is 6.92 Å². The average Bonchev–Trinajstić information content (AvgIpc) is 1.97. The van der Waals surface area contributed by atoms with E-state index in [1.54, 1.807) is 0 Å². The Kier molecular flexibility index (Phi) is 7.06. The van der Waals surface area contributed by atoms with Crippen LogP contribution in [0, 0.1) is 0 Å². The van der Waals surface area contributed by atoms with Gasteiger partial charge in [0.2, 0.25) is 0 Å². The second kappa shape index (κ2) is 7.29. The van der Waals surface area contributed by atoms with Crippen molar-refractivity contribution in [1.82, 2.24) is 0 Å². The van der Waals surface area contributed by atoms with Gasteiger partial charge >= 0.3 is 0 Å². The summed E-state index contributed by atoms with van der Waals surface area (Å²) >= 11 is 0. The molecule has 0 fully saturated rings. The van der Waals surface area contributed by atoms with Gasteiger partial charge < -0.3 is 5.73 Å². The quantitative estimate of drug-likeness (QED) is 0.597. The first-order chi connectivity index (χ1) is 5.66. The first kappa shape index (κ1) is 11.6. The number of nitrogens with two attached hydrogens (primary N) is 1. The molecule has 0 bridgehead atoms. The first-order valence-electron chi connectivity index (χ1n) is 4.94. The van der Waals surface area contributed by atoms with Crippen molar-refractivity contribution in [3.8, 4) is 0 Å². The van der Waals surface area contributed by atoms with Gasteiger partial charge in [-0.25, -0.2) is 0 Å². The number of hydrogen-bond acceptors (Lipinski definition) is 2. The zero-order valence-electron chi connectivity index (χ0n) is 8.31. The van der Waals surface area contributed by atoms with Crippen molar-refractivity contribution in [2.24, 2.45) is 5.73 Å². The topological polar surface area (TPSA) is 43.1 Å². The van der Waals surface area contributed by atoms with Crippen LogP contribution in [0.25, 0.3) is 0 Å². The van der Waals surface area contributed by atoms with E-state index in [1.165, 1.54) is 19.3 Å². The maximum Gasteiger partial charge on any atom is 0.134 e. The summed E-state index contributed by atoms with van der Waals surface area (Å²) in [5.41, 5.74) is 5.50. The van der Waals surface area contributed by atoms with Gasteiger partial charge in [-0.05, 0) is 13.3 Å². The van der Waals surface area contributed by atoms with Crippen LogP contribution in [0.5, 0.6) is 0 Å². The summed E-state index contributed by atoms with van der Waals surface area (Å²) in [4.78, 5) is 11.1. The summed E-state index contributed by atoms with van der Waals surface area (Å²) in [5, 5.41) is 0. The molecule has 2 heteroatoms. The fourth-order valence-electron chi connectivity index (χ4n) is 1.21. The van der Waals surface area contributed by atoms with Crippen LogP contribution in [0.2, 0.25) is 0 Å². The maximum absolute atomic E-state index is 11.1. The van der Waals surface area contributed by atoms with Gasteiger partial charge in [0, 0.05) is 18.9 Å². The van der Waals surface area contributed by atoms with Crippen molar-refractivity contribution in [2.75, 3.05) is 0 Å². The van der Waals surface area contributed by atoms with Crippen molar-refractivity contribution in [3.05, 3.63) is 0 Å². The molecule has 0 spiro atoms. The van der Waals surface area contributed by atoms with Gasteiger partial charge in [-0.1, -0.05) is 26.2 Å². The standard InChI is InChI=1S/C10H21NO/c1-3-4-5-6-7-10(12)8-9(2)11/h9H,3-8,11H2,1-2H3. The van der Waals surface area contributed by atoms with Crippen molar-refractivity contribution < 1.29 is 4.79 Å². The van der Waals surface area contributed by atoms with Gasteiger partial charge in [-0.15, -0.1) is 0 Å². The molecule has 0 aliphatic carbocycles. The maximum atomic E-state index is 11.1. The molecule has 2 N–H and O–H groups in total. The molecule has 2 nitrogen and oxygen atoms in total. The van der Waals surface area contributed by atoms with Gasteiger partial charge in [0.1, 0.15) is 5.78 Å². The zero-order chi connectivity index (χ0) is 9.40. The minimum absolute atomic E-state index is 0.0312. The molecular formula is C10H21NO. The Morgan fingerprint density at radius 1 is 1.33 bits per heavy atom. The van der Waals surface area contributed by atoms with E-state index < -0.39 is 0 Å². The van der Waals surface area contributed by atoms with Gasteiger partial charge in [0.05, 0.1) is 0 Å². The van der Waals surface area contributed by atoms with E-state index in [0.717, 1.165) is 12.8 Å². The summed E-state index contributed by atoms with van der Waals surface area (Å²) < 4.78 is 0. The largest absolute Gasteiger partial charge is 0.328 e. The van der Waals surface area contributed by atoms with Crippen molar-refractivity contribution in [1.29, 1.82) is 0 Å².